The lowest BCUT2D eigenvalue weighted by Gasteiger charge is -2.08. The number of nitrogens with zero attached hydrogens (tertiary/aromatic N) is 1. The maximum Gasteiger partial charge on any atom is 0.255 e. The predicted octanol–water partition coefficient (Wildman–Crippen LogP) is 3.54. The van der Waals surface area contributed by atoms with Crippen molar-refractivity contribution >= 4 is 28.9 Å². The summed E-state index contributed by atoms with van der Waals surface area (Å²) in [5, 5.41) is 5.50. The highest BCUT2D eigenvalue weighted by Crippen LogP contribution is 2.21. The van der Waals surface area contributed by atoms with E-state index in [0.717, 1.165) is 5.56 Å². The van der Waals surface area contributed by atoms with Gasteiger partial charge in [0.05, 0.1) is 5.69 Å². The van der Waals surface area contributed by atoms with Gasteiger partial charge in [0.2, 0.25) is 5.91 Å². The van der Waals surface area contributed by atoms with Gasteiger partial charge in [-0.3, -0.25) is 14.6 Å². The molecule has 0 aliphatic carbocycles. The summed E-state index contributed by atoms with van der Waals surface area (Å²) < 4.78 is 0. The molecule has 0 aliphatic rings. The molecule has 3 rings (SSSR count). The molecule has 26 heavy (non-hydrogen) atoms. The lowest BCUT2D eigenvalue weighted by Crippen LogP contribution is -2.12. The molecule has 0 unspecified atom stereocenters. The van der Waals surface area contributed by atoms with Gasteiger partial charge in [-0.2, -0.15) is 0 Å². The fourth-order valence-electron chi connectivity index (χ4n) is 2.47. The van der Waals surface area contributed by atoms with Gasteiger partial charge in [0, 0.05) is 41.3 Å². The minimum atomic E-state index is -0.246. The Bertz CT molecular complexity index is 952. The van der Waals surface area contributed by atoms with Gasteiger partial charge in [-0.25, -0.2) is 0 Å². The van der Waals surface area contributed by atoms with E-state index in [-0.39, 0.29) is 11.8 Å². The monoisotopic (exact) mass is 346 g/mol. The van der Waals surface area contributed by atoms with E-state index >= 15 is 0 Å². The number of pyridine rings is 1. The third kappa shape index (κ3) is 4.24. The van der Waals surface area contributed by atoms with E-state index in [4.69, 9.17) is 5.73 Å². The molecule has 0 bridgehead atoms. The second kappa shape index (κ2) is 7.48. The second-order valence-corrected chi connectivity index (χ2v) is 5.77. The number of carbonyl (C=O) groups is 2. The van der Waals surface area contributed by atoms with Crippen LogP contribution in [0, 0.1) is 0 Å². The Morgan fingerprint density at radius 2 is 1.62 bits per heavy atom. The van der Waals surface area contributed by atoms with Gasteiger partial charge in [0.25, 0.3) is 5.91 Å². The summed E-state index contributed by atoms with van der Waals surface area (Å²) in [5.41, 5.74) is 9.75. The number of hydrogen-bond acceptors (Lipinski definition) is 4. The molecular formula is C20H18N4O2. The lowest BCUT2D eigenvalue weighted by atomic mass is 10.1. The van der Waals surface area contributed by atoms with Gasteiger partial charge in [0.15, 0.2) is 0 Å². The van der Waals surface area contributed by atoms with Crippen LogP contribution in [0.25, 0.3) is 11.3 Å². The van der Waals surface area contributed by atoms with Gasteiger partial charge in [0.1, 0.15) is 0 Å². The van der Waals surface area contributed by atoms with E-state index < -0.39 is 0 Å². The largest absolute Gasteiger partial charge is 0.399 e. The van der Waals surface area contributed by atoms with Crippen LogP contribution in [0.3, 0.4) is 0 Å². The quantitative estimate of drug-likeness (QED) is 0.629. The highest BCUT2D eigenvalue weighted by atomic mass is 16.2. The van der Waals surface area contributed by atoms with Gasteiger partial charge in [-0.1, -0.05) is 12.1 Å². The van der Waals surface area contributed by atoms with E-state index in [9.17, 15) is 9.59 Å². The van der Waals surface area contributed by atoms with Crippen molar-refractivity contribution in [1.82, 2.24) is 4.98 Å². The van der Waals surface area contributed by atoms with Crippen LogP contribution in [0.4, 0.5) is 17.1 Å². The normalized spacial score (nSPS) is 10.2. The summed E-state index contributed by atoms with van der Waals surface area (Å²) in [7, 11) is 0. The standard InChI is InChI=1S/C20H18N4O2/c1-13(25)23-17-5-7-18(8-6-17)24-20(26)15-9-10-22-19(12-15)14-3-2-4-16(21)11-14/h2-12H,21H2,1H3,(H,23,25)(H,24,26). The average Bonchev–Trinajstić information content (AvgIpc) is 2.63. The van der Waals surface area contributed by atoms with Crippen LogP contribution in [0.15, 0.2) is 66.9 Å². The van der Waals surface area contributed by atoms with Crippen LogP contribution < -0.4 is 16.4 Å². The fourth-order valence-corrected chi connectivity index (χ4v) is 2.47. The molecule has 6 heteroatoms. The van der Waals surface area contributed by atoms with E-state index in [1.54, 1.807) is 48.7 Å². The zero-order valence-corrected chi connectivity index (χ0v) is 14.2. The SMILES string of the molecule is CC(=O)Nc1ccc(NC(=O)c2ccnc(-c3cccc(N)c3)c2)cc1. The third-order valence-corrected chi connectivity index (χ3v) is 3.67. The summed E-state index contributed by atoms with van der Waals surface area (Å²) in [5.74, 6) is -0.391. The fraction of sp³-hybridized carbons (Fsp3) is 0.0500. The summed E-state index contributed by atoms with van der Waals surface area (Å²) >= 11 is 0. The molecule has 0 atom stereocenters. The van der Waals surface area contributed by atoms with Crippen molar-refractivity contribution in [2.45, 2.75) is 6.92 Å². The zero-order chi connectivity index (χ0) is 18.5. The van der Waals surface area contributed by atoms with Crippen molar-refractivity contribution in [2.24, 2.45) is 0 Å². The van der Waals surface area contributed by atoms with Crippen LogP contribution in [-0.2, 0) is 4.79 Å². The van der Waals surface area contributed by atoms with E-state index in [0.29, 0.717) is 28.3 Å². The zero-order valence-electron chi connectivity index (χ0n) is 14.2. The summed E-state index contributed by atoms with van der Waals surface area (Å²) in [6.45, 7) is 1.44. The molecule has 130 valence electrons. The molecule has 3 aromatic rings. The molecule has 2 aromatic carbocycles. The molecule has 0 saturated carbocycles. The first-order valence-electron chi connectivity index (χ1n) is 8.02. The molecule has 0 fully saturated rings. The number of anilines is 3. The minimum Gasteiger partial charge on any atom is -0.399 e. The van der Waals surface area contributed by atoms with Crippen LogP contribution >= 0.6 is 0 Å². The third-order valence-electron chi connectivity index (χ3n) is 3.67. The number of carbonyl (C=O) groups excluding carboxylic acids is 2. The van der Waals surface area contributed by atoms with E-state index in [2.05, 4.69) is 15.6 Å². The Kier molecular flexibility index (Phi) is 4.94. The first-order valence-corrected chi connectivity index (χ1v) is 8.02. The number of nitrogens with one attached hydrogen (secondary N) is 2. The van der Waals surface area contributed by atoms with Crippen molar-refractivity contribution in [3.05, 3.63) is 72.4 Å². The number of amides is 2. The van der Waals surface area contributed by atoms with Gasteiger partial charge < -0.3 is 16.4 Å². The van der Waals surface area contributed by atoms with Crippen molar-refractivity contribution < 1.29 is 9.59 Å². The van der Waals surface area contributed by atoms with Crippen molar-refractivity contribution in [3.8, 4) is 11.3 Å². The second-order valence-electron chi connectivity index (χ2n) is 5.77. The molecule has 4 N–H and O–H groups in total. The molecule has 0 radical (unpaired) electrons. The highest BCUT2D eigenvalue weighted by molar-refractivity contribution is 6.04. The van der Waals surface area contributed by atoms with Gasteiger partial charge in [-0.15, -0.1) is 0 Å². The molecule has 1 aromatic heterocycles. The molecule has 0 aliphatic heterocycles. The predicted molar refractivity (Wildman–Crippen MR) is 103 cm³/mol. The first kappa shape index (κ1) is 17.2. The number of benzene rings is 2. The Morgan fingerprint density at radius 3 is 2.27 bits per heavy atom. The Balaban J connectivity index is 1.76. The topological polar surface area (TPSA) is 97.1 Å². The van der Waals surface area contributed by atoms with Gasteiger partial charge in [-0.05, 0) is 48.5 Å². The molecule has 6 nitrogen and oxygen atoms in total. The number of nitrogens with two attached hydrogens (primary N) is 1. The lowest BCUT2D eigenvalue weighted by molar-refractivity contribution is -0.114. The number of hydrogen-bond donors (Lipinski definition) is 3. The first-order chi connectivity index (χ1) is 12.5. The molecule has 2 amide bonds. The van der Waals surface area contributed by atoms with Crippen molar-refractivity contribution in [1.29, 1.82) is 0 Å². The molecule has 0 saturated heterocycles. The van der Waals surface area contributed by atoms with Crippen molar-refractivity contribution in [2.75, 3.05) is 16.4 Å². The van der Waals surface area contributed by atoms with Crippen molar-refractivity contribution in [3.63, 3.8) is 0 Å². The smallest absolute Gasteiger partial charge is 0.255 e. The number of aromatic nitrogens is 1. The van der Waals surface area contributed by atoms with Crippen LogP contribution in [-0.4, -0.2) is 16.8 Å². The molecule has 1 heterocycles. The summed E-state index contributed by atoms with van der Waals surface area (Å²) in [6.07, 6.45) is 1.59. The highest BCUT2D eigenvalue weighted by Gasteiger charge is 2.09. The molecule has 0 spiro atoms. The van der Waals surface area contributed by atoms with Crippen LogP contribution in [0.2, 0.25) is 0 Å². The number of rotatable bonds is 4. The Morgan fingerprint density at radius 1 is 0.923 bits per heavy atom. The van der Waals surface area contributed by atoms with E-state index in [1.165, 1.54) is 6.92 Å². The van der Waals surface area contributed by atoms with E-state index in [1.807, 2.05) is 18.2 Å². The summed E-state index contributed by atoms with van der Waals surface area (Å²) in [6, 6.07) is 17.6. The maximum absolute atomic E-state index is 12.5. The minimum absolute atomic E-state index is 0.146. The maximum atomic E-state index is 12.5. The summed E-state index contributed by atoms with van der Waals surface area (Å²) in [4.78, 5) is 27.8. The van der Waals surface area contributed by atoms with Crippen LogP contribution in [0.1, 0.15) is 17.3 Å². The van der Waals surface area contributed by atoms with Crippen LogP contribution in [0.5, 0.6) is 0 Å². The number of nitrogen functional groups attached to an aromatic ring is 1. The average molecular weight is 346 g/mol. The van der Waals surface area contributed by atoms with Gasteiger partial charge >= 0.3 is 0 Å². The molecular weight excluding hydrogens is 328 g/mol. The Hall–Kier alpha value is -3.67. The Labute approximate surface area is 151 Å².